The number of sulfonamides is 1. The van der Waals surface area contributed by atoms with Gasteiger partial charge in [-0.25, -0.2) is 13.6 Å². The van der Waals surface area contributed by atoms with Crippen molar-refractivity contribution in [3.05, 3.63) is 53.5 Å². The van der Waals surface area contributed by atoms with Crippen molar-refractivity contribution >= 4 is 15.9 Å². The smallest absolute Gasteiger partial charge is 0.251 e. The topological polar surface area (TPSA) is 102 Å². The summed E-state index contributed by atoms with van der Waals surface area (Å²) >= 11 is 0. The van der Waals surface area contributed by atoms with Gasteiger partial charge < -0.3 is 9.73 Å². The van der Waals surface area contributed by atoms with Gasteiger partial charge in [0.2, 0.25) is 10.0 Å². The van der Waals surface area contributed by atoms with E-state index in [1.807, 2.05) is 13.0 Å². The Kier molecular flexibility index (Phi) is 4.68. The van der Waals surface area contributed by atoms with E-state index in [1.54, 1.807) is 25.3 Å². The SMILES string of the molecule is Cc1ccc(S(N)(=O)=O)cc1C(=O)N[C@H](C)Cc1ccco1. The van der Waals surface area contributed by atoms with Crippen LogP contribution in [-0.4, -0.2) is 20.4 Å². The van der Waals surface area contributed by atoms with Crippen molar-refractivity contribution in [1.82, 2.24) is 5.32 Å². The molecule has 0 unspecified atom stereocenters. The Morgan fingerprint density at radius 3 is 2.68 bits per heavy atom. The summed E-state index contributed by atoms with van der Waals surface area (Å²) in [7, 11) is -3.84. The lowest BCUT2D eigenvalue weighted by atomic mass is 10.1. The van der Waals surface area contributed by atoms with Crippen LogP contribution in [0.4, 0.5) is 0 Å². The molecule has 0 saturated heterocycles. The quantitative estimate of drug-likeness (QED) is 0.872. The third-order valence-corrected chi connectivity index (χ3v) is 4.16. The fraction of sp³-hybridized carbons (Fsp3) is 0.267. The highest BCUT2D eigenvalue weighted by Crippen LogP contribution is 2.15. The summed E-state index contributed by atoms with van der Waals surface area (Å²) in [5.74, 6) is 0.421. The first kappa shape index (κ1) is 16.3. The van der Waals surface area contributed by atoms with Gasteiger partial charge in [0.1, 0.15) is 5.76 Å². The zero-order valence-electron chi connectivity index (χ0n) is 12.4. The van der Waals surface area contributed by atoms with Crippen molar-refractivity contribution in [2.75, 3.05) is 0 Å². The summed E-state index contributed by atoms with van der Waals surface area (Å²) in [6, 6.07) is 7.69. The van der Waals surface area contributed by atoms with E-state index < -0.39 is 10.0 Å². The number of nitrogens with one attached hydrogen (secondary N) is 1. The zero-order valence-corrected chi connectivity index (χ0v) is 13.2. The number of hydrogen-bond donors (Lipinski definition) is 2. The molecule has 3 N–H and O–H groups in total. The Labute approximate surface area is 129 Å². The molecule has 1 atom stereocenters. The van der Waals surface area contributed by atoms with Crippen LogP contribution in [0.5, 0.6) is 0 Å². The van der Waals surface area contributed by atoms with E-state index in [1.165, 1.54) is 12.1 Å². The number of benzene rings is 1. The predicted molar refractivity (Wildman–Crippen MR) is 81.9 cm³/mol. The van der Waals surface area contributed by atoms with Gasteiger partial charge in [0.15, 0.2) is 0 Å². The van der Waals surface area contributed by atoms with Crippen LogP contribution in [0.15, 0.2) is 45.9 Å². The molecular weight excluding hydrogens is 304 g/mol. The van der Waals surface area contributed by atoms with Crippen LogP contribution in [0.2, 0.25) is 0 Å². The molecule has 1 aromatic carbocycles. The number of carbonyl (C=O) groups is 1. The van der Waals surface area contributed by atoms with Gasteiger partial charge in [-0.1, -0.05) is 6.07 Å². The Morgan fingerprint density at radius 1 is 1.36 bits per heavy atom. The minimum absolute atomic E-state index is 0.0815. The minimum Gasteiger partial charge on any atom is -0.469 e. The molecule has 0 aliphatic heterocycles. The monoisotopic (exact) mass is 322 g/mol. The Hall–Kier alpha value is -2.12. The van der Waals surface area contributed by atoms with Gasteiger partial charge in [-0.05, 0) is 43.7 Å². The normalized spacial score (nSPS) is 12.9. The predicted octanol–water partition coefficient (Wildman–Crippen LogP) is 1.60. The summed E-state index contributed by atoms with van der Waals surface area (Å²) in [4.78, 5) is 12.2. The van der Waals surface area contributed by atoms with Gasteiger partial charge in [-0.2, -0.15) is 0 Å². The Bertz CT molecular complexity index is 767. The number of aryl methyl sites for hydroxylation is 1. The summed E-state index contributed by atoms with van der Waals surface area (Å²) in [6.45, 7) is 3.58. The van der Waals surface area contributed by atoms with Crippen LogP contribution in [-0.2, 0) is 16.4 Å². The molecule has 0 aliphatic carbocycles. The molecule has 0 spiro atoms. The van der Waals surface area contributed by atoms with Crippen molar-refractivity contribution in [3.8, 4) is 0 Å². The summed E-state index contributed by atoms with van der Waals surface area (Å²) in [5.41, 5.74) is 0.966. The maximum Gasteiger partial charge on any atom is 0.251 e. The second-order valence-electron chi connectivity index (χ2n) is 5.18. The molecule has 0 radical (unpaired) electrons. The number of amides is 1. The van der Waals surface area contributed by atoms with E-state index in [0.29, 0.717) is 12.0 Å². The molecule has 1 aromatic heterocycles. The first-order valence-electron chi connectivity index (χ1n) is 6.74. The lowest BCUT2D eigenvalue weighted by Gasteiger charge is -2.14. The number of rotatable bonds is 5. The molecule has 1 amide bonds. The molecule has 2 rings (SSSR count). The van der Waals surface area contributed by atoms with Gasteiger partial charge >= 0.3 is 0 Å². The van der Waals surface area contributed by atoms with Crippen molar-refractivity contribution in [3.63, 3.8) is 0 Å². The molecule has 118 valence electrons. The highest BCUT2D eigenvalue weighted by atomic mass is 32.2. The summed E-state index contributed by atoms with van der Waals surface area (Å²) in [6.07, 6.45) is 2.12. The number of furan rings is 1. The number of hydrogen-bond acceptors (Lipinski definition) is 4. The summed E-state index contributed by atoms with van der Waals surface area (Å²) < 4.78 is 28.0. The lowest BCUT2D eigenvalue weighted by Crippen LogP contribution is -2.34. The third-order valence-electron chi connectivity index (χ3n) is 3.25. The van der Waals surface area contributed by atoms with E-state index >= 15 is 0 Å². The van der Waals surface area contributed by atoms with Gasteiger partial charge in [0, 0.05) is 18.0 Å². The molecular formula is C15H18N2O4S. The molecule has 1 heterocycles. The molecule has 22 heavy (non-hydrogen) atoms. The highest BCUT2D eigenvalue weighted by Gasteiger charge is 2.17. The summed E-state index contributed by atoms with van der Waals surface area (Å²) in [5, 5.41) is 7.91. The van der Waals surface area contributed by atoms with Crippen LogP contribution in [0, 0.1) is 6.92 Å². The van der Waals surface area contributed by atoms with Crippen LogP contribution < -0.4 is 10.5 Å². The molecule has 0 aliphatic rings. The van der Waals surface area contributed by atoms with Crippen molar-refractivity contribution in [2.45, 2.75) is 31.2 Å². The molecule has 0 fully saturated rings. The van der Waals surface area contributed by atoms with E-state index in [-0.39, 0.29) is 22.4 Å². The van der Waals surface area contributed by atoms with Crippen molar-refractivity contribution in [1.29, 1.82) is 0 Å². The van der Waals surface area contributed by atoms with Crippen molar-refractivity contribution in [2.24, 2.45) is 5.14 Å². The van der Waals surface area contributed by atoms with Crippen LogP contribution in [0.3, 0.4) is 0 Å². The van der Waals surface area contributed by atoms with E-state index in [0.717, 1.165) is 5.76 Å². The van der Waals surface area contributed by atoms with Crippen LogP contribution in [0.25, 0.3) is 0 Å². The Morgan fingerprint density at radius 2 is 2.09 bits per heavy atom. The number of nitrogens with two attached hydrogens (primary N) is 1. The third kappa shape index (κ3) is 3.96. The van der Waals surface area contributed by atoms with Crippen LogP contribution in [0.1, 0.15) is 28.6 Å². The van der Waals surface area contributed by atoms with E-state index in [2.05, 4.69) is 5.32 Å². The van der Waals surface area contributed by atoms with Gasteiger partial charge in [0.25, 0.3) is 5.91 Å². The first-order chi connectivity index (χ1) is 10.3. The number of carbonyl (C=O) groups excluding carboxylic acids is 1. The maximum absolute atomic E-state index is 12.3. The fourth-order valence-electron chi connectivity index (χ4n) is 2.11. The highest BCUT2D eigenvalue weighted by molar-refractivity contribution is 7.89. The van der Waals surface area contributed by atoms with Crippen LogP contribution >= 0.6 is 0 Å². The van der Waals surface area contributed by atoms with E-state index in [9.17, 15) is 13.2 Å². The van der Waals surface area contributed by atoms with Gasteiger partial charge in [0.05, 0.1) is 11.2 Å². The molecule has 7 heteroatoms. The largest absolute Gasteiger partial charge is 0.469 e. The average Bonchev–Trinajstić information content (AvgIpc) is 2.90. The Balaban J connectivity index is 2.15. The first-order valence-corrected chi connectivity index (χ1v) is 8.28. The second-order valence-corrected chi connectivity index (χ2v) is 6.74. The number of primary sulfonamides is 1. The van der Waals surface area contributed by atoms with Gasteiger partial charge in [-0.3, -0.25) is 4.79 Å². The lowest BCUT2D eigenvalue weighted by molar-refractivity contribution is 0.0938. The standard InChI is InChI=1S/C15H18N2O4S/c1-10-5-6-13(22(16,19)20)9-14(10)15(18)17-11(2)8-12-4-3-7-21-12/h3-7,9,11H,8H2,1-2H3,(H,17,18)(H2,16,19,20)/t11-/m1/s1. The van der Waals surface area contributed by atoms with Crippen molar-refractivity contribution < 1.29 is 17.6 Å². The second kappa shape index (κ2) is 6.33. The zero-order chi connectivity index (χ0) is 16.3. The molecule has 0 saturated carbocycles. The maximum atomic E-state index is 12.3. The average molecular weight is 322 g/mol. The minimum atomic E-state index is -3.84. The van der Waals surface area contributed by atoms with Gasteiger partial charge in [-0.15, -0.1) is 0 Å². The van der Waals surface area contributed by atoms with E-state index in [4.69, 9.17) is 9.56 Å². The molecule has 2 aromatic rings. The fourth-order valence-corrected chi connectivity index (χ4v) is 2.65. The molecule has 0 bridgehead atoms. The molecule has 6 nitrogen and oxygen atoms in total.